The number of furan rings is 1. The zero-order valence-electron chi connectivity index (χ0n) is 31.6. The normalized spacial score (nSPS) is 13.5. The zero-order valence-corrected chi connectivity index (χ0v) is 35.0. The van der Waals surface area contributed by atoms with Crippen LogP contribution < -0.4 is 5.19 Å². The summed E-state index contributed by atoms with van der Waals surface area (Å²) in [5.41, 5.74) is 10.5. The maximum absolute atomic E-state index is 6.25. The number of aromatic nitrogens is 5. The van der Waals surface area contributed by atoms with E-state index in [2.05, 4.69) is 89.0 Å². The Morgan fingerprint density at radius 2 is 1.61 bits per heavy atom. The number of nitrogens with zero attached hydrogens (tertiary/aromatic N) is 5. The predicted molar refractivity (Wildman–Crippen MR) is 219 cm³/mol. The Hall–Kier alpha value is -4.75. The number of hydrogen-bond acceptors (Lipinski definition) is 5. The van der Waals surface area contributed by atoms with E-state index in [9.17, 15) is 0 Å². The molecule has 1 aliphatic rings. The van der Waals surface area contributed by atoms with E-state index in [1.165, 1.54) is 38.5 Å². The van der Waals surface area contributed by atoms with Gasteiger partial charge in [0, 0.05) is 43.1 Å². The van der Waals surface area contributed by atoms with Gasteiger partial charge >= 0.3 is 0 Å². The van der Waals surface area contributed by atoms with Crippen LogP contribution in [0.25, 0.3) is 61.4 Å². The quantitative estimate of drug-likeness (QED) is 0.123. The van der Waals surface area contributed by atoms with E-state index in [-0.39, 0.29) is 20.1 Å². The molecule has 1 saturated carbocycles. The van der Waals surface area contributed by atoms with E-state index in [0.717, 1.165) is 67.4 Å². The number of fused-ring (bicyclic) bond motifs is 4. The number of hydrogen-bond donors (Lipinski definition) is 0. The topological polar surface area (TPSA) is 69.6 Å². The SMILES string of the molecule is C[Si](C)(C)c1cnc(-c2[c-]cccc2)cc1CC1CCCCC1.Cc1ccc2c(n1)oc1c(-c3nc4ccccc4n3-c3ccccc3)[c-]nc(C)c12.[Ir]. The summed E-state index contributed by atoms with van der Waals surface area (Å²) >= 11 is 0. The minimum Gasteiger partial charge on any atom is -0.486 e. The van der Waals surface area contributed by atoms with Gasteiger partial charge in [0.05, 0.1) is 30.5 Å². The fourth-order valence-corrected chi connectivity index (χ4v) is 9.37. The minimum absolute atomic E-state index is 0. The standard InChI is InChI=1S/C25H17N4O.C21H28NSi.Ir/c1-15-12-13-18-22-16(2)26-14-19(23(22)30-25(18)27-15)24-28-20-10-6-7-11-21(20)29(24)17-8-4-3-5-9-17;1-23(2,3)21-16-22-20(18-12-8-5-9-13-18)15-19(21)14-17-10-6-4-7-11-17;/h3-13H,1-2H3;5,8-9,12,15-17H,4,6-7,10-11,14H2,1-3H3;/q2*-1;. The molecule has 0 atom stereocenters. The van der Waals surface area contributed by atoms with Crippen LogP contribution in [0.3, 0.4) is 0 Å². The number of aryl methyl sites for hydroxylation is 2. The first-order valence-electron chi connectivity index (χ1n) is 18.8. The zero-order chi connectivity index (χ0) is 36.5. The molecule has 5 heterocycles. The second-order valence-corrected chi connectivity index (χ2v) is 20.4. The third kappa shape index (κ3) is 7.61. The smallest absolute Gasteiger partial charge is 0.216 e. The Balaban J connectivity index is 0.000000170. The van der Waals surface area contributed by atoms with Crippen LogP contribution in [0.15, 0.2) is 108 Å². The van der Waals surface area contributed by atoms with Crippen LogP contribution >= 0.6 is 0 Å². The first-order valence-corrected chi connectivity index (χ1v) is 22.3. The van der Waals surface area contributed by atoms with Crippen LogP contribution in [0, 0.1) is 32.0 Å². The van der Waals surface area contributed by atoms with E-state index >= 15 is 0 Å². The van der Waals surface area contributed by atoms with Crippen molar-refractivity contribution < 1.29 is 24.5 Å². The van der Waals surface area contributed by atoms with E-state index < -0.39 is 8.07 Å². The maximum Gasteiger partial charge on any atom is 0.216 e. The van der Waals surface area contributed by atoms with Crippen LogP contribution in [0.5, 0.6) is 0 Å². The summed E-state index contributed by atoms with van der Waals surface area (Å²) in [4.78, 5) is 18.9. The molecule has 6 nitrogen and oxygen atoms in total. The van der Waals surface area contributed by atoms with Gasteiger partial charge < -0.3 is 19.0 Å². The molecule has 0 amide bonds. The summed E-state index contributed by atoms with van der Waals surface area (Å²) in [5.74, 6) is 1.62. The average Bonchev–Trinajstić information content (AvgIpc) is 3.75. The van der Waals surface area contributed by atoms with Crippen LogP contribution in [-0.4, -0.2) is 32.6 Å². The molecule has 275 valence electrons. The Morgan fingerprint density at radius 3 is 2.37 bits per heavy atom. The first kappa shape index (κ1) is 37.6. The largest absolute Gasteiger partial charge is 0.486 e. The molecule has 1 fully saturated rings. The van der Waals surface area contributed by atoms with Gasteiger partial charge in [-0.05, 0) is 89.4 Å². The molecule has 0 N–H and O–H groups in total. The number of benzene rings is 3. The molecule has 0 saturated heterocycles. The van der Waals surface area contributed by atoms with Gasteiger partial charge in [0.2, 0.25) is 5.71 Å². The summed E-state index contributed by atoms with van der Waals surface area (Å²) in [7, 11) is -1.36. The summed E-state index contributed by atoms with van der Waals surface area (Å²) in [5, 5.41) is 3.46. The van der Waals surface area contributed by atoms with E-state index in [0.29, 0.717) is 11.3 Å². The van der Waals surface area contributed by atoms with Crippen molar-refractivity contribution in [3.8, 4) is 28.3 Å². The van der Waals surface area contributed by atoms with Crippen molar-refractivity contribution in [1.82, 2.24) is 24.5 Å². The van der Waals surface area contributed by atoms with Crippen molar-refractivity contribution in [3.05, 3.63) is 132 Å². The number of rotatable bonds is 6. The number of imidazole rings is 1. The molecule has 9 rings (SSSR count). The second-order valence-electron chi connectivity index (χ2n) is 15.4. The molecular weight excluding hydrogens is 859 g/mol. The maximum atomic E-state index is 6.25. The third-order valence-corrected chi connectivity index (χ3v) is 12.5. The van der Waals surface area contributed by atoms with E-state index in [1.807, 2.05) is 74.5 Å². The molecule has 1 radical (unpaired) electrons. The Bertz CT molecular complexity index is 2530. The molecule has 1 aliphatic carbocycles. The molecule has 8 heteroatoms. The fourth-order valence-electron chi connectivity index (χ4n) is 7.78. The van der Waals surface area contributed by atoms with Crippen LogP contribution in [0.2, 0.25) is 19.6 Å². The molecular formula is C46H45IrN5OSi-2. The second kappa shape index (κ2) is 15.9. The third-order valence-electron chi connectivity index (χ3n) is 10.4. The fraction of sp³-hybridized carbons (Fsp3) is 0.261. The minimum atomic E-state index is -1.36. The predicted octanol–water partition coefficient (Wildman–Crippen LogP) is 11.0. The Labute approximate surface area is 332 Å². The molecule has 0 spiro atoms. The van der Waals surface area contributed by atoms with Gasteiger partial charge in [0.1, 0.15) is 0 Å². The monoisotopic (exact) mass is 904 g/mol. The number of pyridine rings is 3. The van der Waals surface area contributed by atoms with Crippen molar-refractivity contribution in [2.24, 2.45) is 5.92 Å². The number of para-hydroxylation sites is 3. The first-order chi connectivity index (χ1) is 25.7. The van der Waals surface area contributed by atoms with Crippen molar-refractivity contribution in [1.29, 1.82) is 0 Å². The van der Waals surface area contributed by atoms with Crippen LogP contribution in [-0.2, 0) is 26.5 Å². The Morgan fingerprint density at radius 1 is 0.852 bits per heavy atom. The molecule has 5 aromatic heterocycles. The molecule has 3 aromatic carbocycles. The van der Waals surface area contributed by atoms with E-state index in [4.69, 9.17) is 14.4 Å². The molecule has 8 aromatic rings. The van der Waals surface area contributed by atoms with Crippen LogP contribution in [0.1, 0.15) is 49.1 Å². The molecule has 0 bridgehead atoms. The van der Waals surface area contributed by atoms with Crippen molar-refractivity contribution in [3.63, 3.8) is 0 Å². The summed E-state index contributed by atoms with van der Waals surface area (Å²) in [6, 6.07) is 36.2. The van der Waals surface area contributed by atoms with Gasteiger partial charge in [-0.1, -0.05) is 101 Å². The Kier molecular flexibility index (Phi) is 11.1. The van der Waals surface area contributed by atoms with Crippen molar-refractivity contribution in [2.75, 3.05) is 0 Å². The van der Waals surface area contributed by atoms with Gasteiger partial charge in [-0.2, -0.15) is 0 Å². The van der Waals surface area contributed by atoms with Gasteiger partial charge in [0.15, 0.2) is 0 Å². The summed E-state index contributed by atoms with van der Waals surface area (Å²) in [6.45, 7) is 11.2. The van der Waals surface area contributed by atoms with Crippen molar-refractivity contribution in [2.45, 2.75) is 72.0 Å². The van der Waals surface area contributed by atoms with Gasteiger partial charge in [-0.15, -0.1) is 35.9 Å². The summed E-state index contributed by atoms with van der Waals surface area (Å²) < 4.78 is 8.38. The van der Waals surface area contributed by atoms with Gasteiger partial charge in [-0.3, -0.25) is 4.98 Å². The van der Waals surface area contributed by atoms with Gasteiger partial charge in [0.25, 0.3) is 0 Å². The van der Waals surface area contributed by atoms with E-state index in [1.54, 1.807) is 10.8 Å². The average molecular weight is 904 g/mol. The molecule has 0 unspecified atom stereocenters. The molecule has 0 aliphatic heterocycles. The van der Waals surface area contributed by atoms with Crippen LogP contribution in [0.4, 0.5) is 0 Å². The summed E-state index contributed by atoms with van der Waals surface area (Å²) in [6.07, 6.45) is 13.7. The van der Waals surface area contributed by atoms with Crippen molar-refractivity contribution >= 4 is 46.4 Å². The molecule has 54 heavy (non-hydrogen) atoms. The van der Waals surface area contributed by atoms with Gasteiger partial charge in [-0.25, -0.2) is 4.98 Å².